The van der Waals surface area contributed by atoms with Gasteiger partial charge >= 0.3 is 0 Å². The van der Waals surface area contributed by atoms with Crippen molar-refractivity contribution in [3.63, 3.8) is 0 Å². The summed E-state index contributed by atoms with van der Waals surface area (Å²) in [5, 5.41) is 5.71. The second kappa shape index (κ2) is 6.22. The quantitative estimate of drug-likeness (QED) is 0.888. The first kappa shape index (κ1) is 14.1. The summed E-state index contributed by atoms with van der Waals surface area (Å²) in [5.74, 6) is 0.961. The molecule has 102 valence electrons. The maximum absolute atomic E-state index is 5.39. The van der Waals surface area contributed by atoms with Gasteiger partial charge in [0.2, 0.25) is 0 Å². The van der Waals surface area contributed by atoms with E-state index in [0.717, 1.165) is 12.3 Å². The lowest BCUT2D eigenvalue weighted by Gasteiger charge is -2.21. The summed E-state index contributed by atoms with van der Waals surface area (Å²) < 4.78 is 5.39. The van der Waals surface area contributed by atoms with Crippen LogP contribution in [0.15, 0.2) is 29.6 Å². The second-order valence-corrected chi connectivity index (χ2v) is 5.66. The van der Waals surface area contributed by atoms with Gasteiger partial charge in [0, 0.05) is 4.88 Å². The number of ether oxygens (including phenoxy) is 1. The Morgan fingerprint density at radius 2 is 2.05 bits per heavy atom. The van der Waals surface area contributed by atoms with Gasteiger partial charge in [0.15, 0.2) is 0 Å². The molecule has 0 amide bonds. The van der Waals surface area contributed by atoms with E-state index < -0.39 is 0 Å². The van der Waals surface area contributed by atoms with Crippen LogP contribution in [0.3, 0.4) is 0 Å². The molecule has 0 radical (unpaired) electrons. The van der Waals surface area contributed by atoms with Crippen LogP contribution in [0.1, 0.15) is 34.5 Å². The topological polar surface area (TPSA) is 21.3 Å². The zero-order chi connectivity index (χ0) is 13.8. The number of rotatable bonds is 5. The smallest absolute Gasteiger partial charge is 0.122 e. The van der Waals surface area contributed by atoms with Crippen molar-refractivity contribution in [2.45, 2.75) is 26.8 Å². The van der Waals surface area contributed by atoms with E-state index >= 15 is 0 Å². The monoisotopic (exact) mass is 275 g/mol. The molecule has 0 aliphatic heterocycles. The van der Waals surface area contributed by atoms with E-state index in [-0.39, 0.29) is 6.04 Å². The summed E-state index contributed by atoms with van der Waals surface area (Å²) in [4.78, 5) is 1.36. The molecule has 2 nitrogen and oxygen atoms in total. The molecule has 0 saturated carbocycles. The normalized spacial score (nSPS) is 12.4. The van der Waals surface area contributed by atoms with Crippen LogP contribution < -0.4 is 10.1 Å². The number of hydrogen-bond donors (Lipinski definition) is 1. The summed E-state index contributed by atoms with van der Waals surface area (Å²) in [6.45, 7) is 7.34. The van der Waals surface area contributed by atoms with Crippen LogP contribution in [0, 0.1) is 13.8 Å². The Labute approximate surface area is 119 Å². The van der Waals surface area contributed by atoms with E-state index in [2.05, 4.69) is 55.7 Å². The predicted octanol–water partition coefficient (Wildman–Crippen LogP) is 4.07. The van der Waals surface area contributed by atoms with Crippen LogP contribution in [0.5, 0.6) is 5.75 Å². The third-order valence-electron chi connectivity index (χ3n) is 3.33. The van der Waals surface area contributed by atoms with Gasteiger partial charge in [-0.25, -0.2) is 0 Å². The number of aryl methyl sites for hydroxylation is 2. The molecule has 1 N–H and O–H groups in total. The standard InChI is InChI=1S/C16H21NOS/c1-5-17-16(15-7-6-8-19-15)13-9-12(3)14(18-4)10-11(13)2/h6-10,16-17H,5H2,1-4H3. The molecular formula is C16H21NOS. The number of thiophene rings is 1. The first-order valence-corrected chi connectivity index (χ1v) is 7.47. The lowest BCUT2D eigenvalue weighted by molar-refractivity contribution is 0.411. The van der Waals surface area contributed by atoms with Crippen molar-refractivity contribution in [2.75, 3.05) is 13.7 Å². The molecule has 3 heteroatoms. The van der Waals surface area contributed by atoms with Crippen molar-refractivity contribution in [2.24, 2.45) is 0 Å². The molecule has 0 aliphatic carbocycles. The fourth-order valence-corrected chi connectivity index (χ4v) is 3.18. The molecule has 0 aliphatic rings. The van der Waals surface area contributed by atoms with Crippen LogP contribution in [-0.4, -0.2) is 13.7 Å². The van der Waals surface area contributed by atoms with Gasteiger partial charge in [0.1, 0.15) is 5.75 Å². The van der Waals surface area contributed by atoms with Crippen molar-refractivity contribution in [1.29, 1.82) is 0 Å². The molecule has 1 aromatic heterocycles. The van der Waals surface area contributed by atoms with E-state index in [4.69, 9.17) is 4.74 Å². The van der Waals surface area contributed by atoms with E-state index in [1.165, 1.54) is 21.6 Å². The fraction of sp³-hybridized carbons (Fsp3) is 0.375. The molecule has 0 spiro atoms. The molecule has 0 bridgehead atoms. The van der Waals surface area contributed by atoms with Gasteiger partial charge in [-0.2, -0.15) is 0 Å². The zero-order valence-corrected chi connectivity index (χ0v) is 12.8. The highest BCUT2D eigenvalue weighted by Crippen LogP contribution is 2.32. The Bertz CT molecular complexity index is 534. The lowest BCUT2D eigenvalue weighted by atomic mass is 9.97. The largest absolute Gasteiger partial charge is 0.496 e. The Morgan fingerprint density at radius 3 is 2.63 bits per heavy atom. The Hall–Kier alpha value is -1.32. The minimum absolute atomic E-state index is 0.273. The summed E-state index contributed by atoms with van der Waals surface area (Å²) in [5.41, 5.74) is 3.78. The molecule has 19 heavy (non-hydrogen) atoms. The number of hydrogen-bond acceptors (Lipinski definition) is 3. The maximum atomic E-state index is 5.39. The van der Waals surface area contributed by atoms with Crippen molar-refractivity contribution in [3.05, 3.63) is 51.2 Å². The highest BCUT2D eigenvalue weighted by atomic mass is 32.1. The molecule has 2 aromatic rings. The molecule has 2 rings (SSSR count). The van der Waals surface area contributed by atoms with E-state index in [9.17, 15) is 0 Å². The summed E-state index contributed by atoms with van der Waals surface area (Å²) in [6, 6.07) is 8.94. The Balaban J connectivity index is 2.45. The van der Waals surface area contributed by atoms with Crippen LogP contribution in [-0.2, 0) is 0 Å². The highest BCUT2D eigenvalue weighted by molar-refractivity contribution is 7.10. The molecule has 1 unspecified atom stereocenters. The van der Waals surface area contributed by atoms with Gasteiger partial charge in [-0.05, 0) is 54.6 Å². The SMILES string of the molecule is CCNC(c1cccs1)c1cc(C)c(OC)cc1C. The summed E-state index contributed by atoms with van der Waals surface area (Å²) >= 11 is 1.80. The van der Waals surface area contributed by atoms with Crippen LogP contribution in [0.2, 0.25) is 0 Å². The minimum Gasteiger partial charge on any atom is -0.496 e. The van der Waals surface area contributed by atoms with E-state index in [0.29, 0.717) is 0 Å². The van der Waals surface area contributed by atoms with Crippen LogP contribution in [0.4, 0.5) is 0 Å². The highest BCUT2D eigenvalue weighted by Gasteiger charge is 2.17. The van der Waals surface area contributed by atoms with Gasteiger partial charge in [-0.15, -0.1) is 11.3 Å². The first-order valence-electron chi connectivity index (χ1n) is 6.59. The number of methoxy groups -OCH3 is 1. The Morgan fingerprint density at radius 1 is 1.26 bits per heavy atom. The average molecular weight is 275 g/mol. The maximum Gasteiger partial charge on any atom is 0.122 e. The van der Waals surface area contributed by atoms with Gasteiger partial charge in [-0.3, -0.25) is 0 Å². The summed E-state index contributed by atoms with van der Waals surface area (Å²) in [6.07, 6.45) is 0. The lowest BCUT2D eigenvalue weighted by Crippen LogP contribution is -2.22. The first-order chi connectivity index (χ1) is 9.17. The molecule has 1 aromatic carbocycles. The predicted molar refractivity (Wildman–Crippen MR) is 82.3 cm³/mol. The van der Waals surface area contributed by atoms with E-state index in [1.54, 1.807) is 18.4 Å². The van der Waals surface area contributed by atoms with Crippen molar-refractivity contribution in [3.8, 4) is 5.75 Å². The molecule has 0 fully saturated rings. The van der Waals surface area contributed by atoms with Crippen molar-refractivity contribution >= 4 is 11.3 Å². The Kier molecular flexibility index (Phi) is 4.61. The zero-order valence-electron chi connectivity index (χ0n) is 12.0. The third-order valence-corrected chi connectivity index (χ3v) is 4.27. The second-order valence-electron chi connectivity index (χ2n) is 4.68. The average Bonchev–Trinajstić information content (AvgIpc) is 2.92. The summed E-state index contributed by atoms with van der Waals surface area (Å²) in [7, 11) is 1.72. The van der Waals surface area contributed by atoms with Gasteiger partial charge < -0.3 is 10.1 Å². The van der Waals surface area contributed by atoms with Gasteiger partial charge in [0.25, 0.3) is 0 Å². The van der Waals surface area contributed by atoms with Gasteiger partial charge in [0.05, 0.1) is 13.2 Å². The molecular weight excluding hydrogens is 254 g/mol. The third kappa shape index (κ3) is 2.99. The number of nitrogens with one attached hydrogen (secondary N) is 1. The van der Waals surface area contributed by atoms with Crippen molar-refractivity contribution in [1.82, 2.24) is 5.32 Å². The number of benzene rings is 1. The fourth-order valence-electron chi connectivity index (χ4n) is 2.37. The van der Waals surface area contributed by atoms with Crippen LogP contribution >= 0.6 is 11.3 Å². The molecule has 1 heterocycles. The molecule has 0 saturated heterocycles. The van der Waals surface area contributed by atoms with E-state index in [1.807, 2.05) is 0 Å². The van der Waals surface area contributed by atoms with Crippen LogP contribution in [0.25, 0.3) is 0 Å². The minimum atomic E-state index is 0.273. The van der Waals surface area contributed by atoms with Crippen molar-refractivity contribution < 1.29 is 4.74 Å². The molecule has 1 atom stereocenters. The van der Waals surface area contributed by atoms with Gasteiger partial charge in [-0.1, -0.05) is 19.1 Å².